The molecule has 0 N–H and O–H groups in total. The van der Waals surface area contributed by atoms with Gasteiger partial charge in [0.2, 0.25) is 0 Å². The number of nitro benzene ring substituents is 1. The van der Waals surface area contributed by atoms with Crippen LogP contribution < -0.4 is 0 Å². The van der Waals surface area contributed by atoms with Crippen LogP contribution in [0.1, 0.15) is 25.7 Å². The Kier molecular flexibility index (Phi) is 4.27. The topological polar surface area (TPSA) is 84.0 Å². The lowest BCUT2D eigenvalue weighted by Gasteiger charge is -2.25. The molecule has 0 aromatic heterocycles. The van der Waals surface area contributed by atoms with Crippen LogP contribution >= 0.6 is 0 Å². The van der Waals surface area contributed by atoms with Gasteiger partial charge in [-0.25, -0.2) is 0 Å². The van der Waals surface area contributed by atoms with Gasteiger partial charge in [-0.1, -0.05) is 25.0 Å². The average Bonchev–Trinajstić information content (AvgIpc) is 2.46. The summed E-state index contributed by atoms with van der Waals surface area (Å²) in [6, 6.07) is 8.27. The van der Waals surface area contributed by atoms with Crippen LogP contribution in [0.15, 0.2) is 29.2 Å². The second-order valence-electron chi connectivity index (χ2n) is 4.58. The lowest BCUT2D eigenvalue weighted by atomic mass is 9.90. The minimum Gasteiger partial charge on any atom is -0.258 e. The van der Waals surface area contributed by atoms with Gasteiger partial charge in [-0.05, 0) is 18.9 Å². The largest absolute Gasteiger partial charge is 0.285 e. The summed E-state index contributed by atoms with van der Waals surface area (Å²) in [6.45, 7) is 0. The zero-order valence-corrected chi connectivity index (χ0v) is 11.1. The molecule has 1 saturated carbocycles. The summed E-state index contributed by atoms with van der Waals surface area (Å²) in [5.41, 5.74) is -0.122. The maximum atomic E-state index is 12.5. The van der Waals surface area contributed by atoms with Crippen molar-refractivity contribution in [3.8, 4) is 6.07 Å². The van der Waals surface area contributed by atoms with E-state index in [1.54, 1.807) is 12.1 Å². The zero-order valence-electron chi connectivity index (χ0n) is 10.3. The molecule has 0 saturated heterocycles. The molecular weight excluding hydrogens is 264 g/mol. The van der Waals surface area contributed by atoms with Crippen LogP contribution in [-0.2, 0) is 10.8 Å². The number of hydrogen-bond acceptors (Lipinski definition) is 4. The van der Waals surface area contributed by atoms with E-state index in [2.05, 4.69) is 6.07 Å². The lowest BCUT2D eigenvalue weighted by molar-refractivity contribution is -0.387. The van der Waals surface area contributed by atoms with Crippen molar-refractivity contribution in [1.82, 2.24) is 0 Å². The molecule has 0 bridgehead atoms. The van der Waals surface area contributed by atoms with E-state index >= 15 is 0 Å². The lowest BCUT2D eigenvalue weighted by Crippen LogP contribution is -2.28. The molecule has 0 spiro atoms. The Morgan fingerprint density at radius 2 is 2.00 bits per heavy atom. The Hall–Kier alpha value is -1.74. The van der Waals surface area contributed by atoms with Crippen LogP contribution in [-0.4, -0.2) is 14.4 Å². The highest BCUT2D eigenvalue weighted by molar-refractivity contribution is 7.85. The van der Waals surface area contributed by atoms with E-state index in [0.29, 0.717) is 6.42 Å². The number of nitro groups is 1. The predicted octanol–water partition coefficient (Wildman–Crippen LogP) is 2.78. The first kappa shape index (κ1) is 13.7. The first-order valence-electron chi connectivity index (χ1n) is 6.18. The quantitative estimate of drug-likeness (QED) is 0.628. The minimum atomic E-state index is -1.50. The summed E-state index contributed by atoms with van der Waals surface area (Å²) in [5.74, 6) is -0.269. The maximum Gasteiger partial charge on any atom is 0.285 e. The molecule has 3 atom stereocenters. The summed E-state index contributed by atoms with van der Waals surface area (Å²) >= 11 is 0. The van der Waals surface area contributed by atoms with Crippen molar-refractivity contribution in [3.63, 3.8) is 0 Å². The monoisotopic (exact) mass is 278 g/mol. The Labute approximate surface area is 113 Å². The van der Waals surface area contributed by atoms with Crippen LogP contribution in [0.25, 0.3) is 0 Å². The van der Waals surface area contributed by atoms with Gasteiger partial charge >= 0.3 is 0 Å². The van der Waals surface area contributed by atoms with Gasteiger partial charge in [0.1, 0.15) is 4.90 Å². The van der Waals surface area contributed by atoms with Crippen LogP contribution in [0, 0.1) is 27.4 Å². The summed E-state index contributed by atoms with van der Waals surface area (Å²) in [5, 5.41) is 19.8. The van der Waals surface area contributed by atoms with Gasteiger partial charge in [-0.2, -0.15) is 5.26 Å². The van der Waals surface area contributed by atoms with Crippen molar-refractivity contribution < 1.29 is 9.13 Å². The zero-order chi connectivity index (χ0) is 13.8. The molecule has 1 aromatic rings. The van der Waals surface area contributed by atoms with Gasteiger partial charge < -0.3 is 0 Å². The van der Waals surface area contributed by atoms with Crippen molar-refractivity contribution >= 4 is 16.5 Å². The van der Waals surface area contributed by atoms with E-state index in [1.807, 2.05) is 0 Å². The number of nitrogens with zero attached hydrogens (tertiary/aromatic N) is 2. The molecule has 3 unspecified atom stereocenters. The summed E-state index contributed by atoms with van der Waals surface area (Å²) in [6.07, 6.45) is 3.31. The van der Waals surface area contributed by atoms with E-state index < -0.39 is 15.7 Å². The normalized spacial score (nSPS) is 24.4. The van der Waals surface area contributed by atoms with Crippen LogP contribution in [0.2, 0.25) is 0 Å². The highest BCUT2D eigenvalue weighted by Gasteiger charge is 2.33. The number of para-hydroxylation sites is 1. The first-order chi connectivity index (χ1) is 9.15. The smallest absolute Gasteiger partial charge is 0.258 e. The number of hydrogen-bond donors (Lipinski definition) is 0. The molecule has 6 heteroatoms. The molecule has 5 nitrogen and oxygen atoms in total. The van der Waals surface area contributed by atoms with Gasteiger partial charge in [0.05, 0.1) is 33.0 Å². The van der Waals surface area contributed by atoms with E-state index in [-0.39, 0.29) is 21.8 Å². The minimum absolute atomic E-state index is 0.122. The Morgan fingerprint density at radius 3 is 2.68 bits per heavy atom. The fourth-order valence-electron chi connectivity index (χ4n) is 2.44. The molecule has 1 aliphatic carbocycles. The van der Waals surface area contributed by atoms with E-state index in [1.165, 1.54) is 12.1 Å². The Morgan fingerprint density at radius 1 is 1.32 bits per heavy atom. The van der Waals surface area contributed by atoms with Crippen molar-refractivity contribution in [2.75, 3.05) is 0 Å². The number of benzene rings is 1. The van der Waals surface area contributed by atoms with Gasteiger partial charge in [0, 0.05) is 6.07 Å². The molecule has 2 rings (SSSR count). The van der Waals surface area contributed by atoms with Gasteiger partial charge in [-0.3, -0.25) is 14.3 Å². The molecule has 100 valence electrons. The van der Waals surface area contributed by atoms with E-state index in [4.69, 9.17) is 5.26 Å². The standard InChI is InChI=1S/C13H14N2O3S/c14-9-10-5-1-3-7-12(10)19(18)13-8-4-2-6-11(13)15(16)17/h2,4,6,8,10,12H,1,3,5,7H2. The predicted molar refractivity (Wildman–Crippen MR) is 70.9 cm³/mol. The van der Waals surface area contributed by atoms with Crippen molar-refractivity contribution in [3.05, 3.63) is 34.4 Å². The molecule has 1 aliphatic rings. The fraction of sp³-hybridized carbons (Fsp3) is 0.462. The summed E-state index contributed by atoms with van der Waals surface area (Å²) < 4.78 is 12.5. The third kappa shape index (κ3) is 2.82. The molecule has 0 heterocycles. The van der Waals surface area contributed by atoms with Gasteiger partial charge in [0.25, 0.3) is 5.69 Å². The van der Waals surface area contributed by atoms with Crippen molar-refractivity contribution in [1.29, 1.82) is 5.26 Å². The molecule has 0 amide bonds. The SMILES string of the molecule is N#CC1CCCCC1S(=O)c1ccccc1[N+](=O)[O-]. The maximum absolute atomic E-state index is 12.5. The van der Waals surface area contributed by atoms with Gasteiger partial charge in [0.15, 0.2) is 0 Å². The highest BCUT2D eigenvalue weighted by Crippen LogP contribution is 2.33. The Balaban J connectivity index is 2.34. The van der Waals surface area contributed by atoms with E-state index in [0.717, 1.165) is 19.3 Å². The molecule has 19 heavy (non-hydrogen) atoms. The molecule has 0 radical (unpaired) electrons. The fourth-order valence-corrected chi connectivity index (χ4v) is 4.21. The third-order valence-corrected chi connectivity index (χ3v) is 5.31. The van der Waals surface area contributed by atoms with Gasteiger partial charge in [-0.15, -0.1) is 0 Å². The summed E-state index contributed by atoms with van der Waals surface area (Å²) in [7, 11) is -1.50. The van der Waals surface area contributed by atoms with Crippen LogP contribution in [0.5, 0.6) is 0 Å². The Bertz CT molecular complexity index is 553. The van der Waals surface area contributed by atoms with Crippen molar-refractivity contribution in [2.45, 2.75) is 35.8 Å². The van der Waals surface area contributed by atoms with Crippen LogP contribution in [0.3, 0.4) is 0 Å². The first-order valence-corrected chi connectivity index (χ1v) is 7.40. The van der Waals surface area contributed by atoms with E-state index in [9.17, 15) is 14.3 Å². The number of rotatable bonds is 3. The summed E-state index contributed by atoms with van der Waals surface area (Å²) in [4.78, 5) is 10.7. The molecule has 1 fully saturated rings. The number of nitriles is 1. The molecule has 1 aromatic carbocycles. The third-order valence-electron chi connectivity index (χ3n) is 3.42. The highest BCUT2D eigenvalue weighted by atomic mass is 32.2. The second-order valence-corrected chi connectivity index (χ2v) is 6.22. The average molecular weight is 278 g/mol. The second kappa shape index (κ2) is 5.93. The van der Waals surface area contributed by atoms with Crippen LogP contribution in [0.4, 0.5) is 5.69 Å². The van der Waals surface area contributed by atoms with Crippen molar-refractivity contribution in [2.24, 2.45) is 5.92 Å². The molecular formula is C13H14N2O3S. The molecule has 0 aliphatic heterocycles.